The zero-order chi connectivity index (χ0) is 11.3. The normalized spacial score (nSPS) is 26.8. The molecule has 2 atom stereocenters. The van der Waals surface area contributed by atoms with E-state index in [1.807, 2.05) is 0 Å². The van der Waals surface area contributed by atoms with Gasteiger partial charge in [0.1, 0.15) is 0 Å². The molecule has 2 N–H and O–H groups in total. The first-order valence-electron chi connectivity index (χ1n) is 6.31. The second-order valence-electron chi connectivity index (χ2n) is 4.94. The van der Waals surface area contributed by atoms with Crippen LogP contribution in [0, 0.1) is 0 Å². The van der Waals surface area contributed by atoms with Crippen LogP contribution in [0.25, 0.3) is 0 Å². The van der Waals surface area contributed by atoms with Crippen molar-refractivity contribution < 1.29 is 0 Å². The van der Waals surface area contributed by atoms with E-state index in [1.54, 1.807) is 0 Å². The maximum Gasteiger partial charge on any atom is 0.0192 e. The number of hydrogen-bond donors (Lipinski definition) is 1. The van der Waals surface area contributed by atoms with Crippen molar-refractivity contribution in [2.75, 3.05) is 33.2 Å². The topological polar surface area (TPSA) is 32.5 Å². The van der Waals surface area contributed by atoms with Crippen LogP contribution in [0.5, 0.6) is 0 Å². The Morgan fingerprint density at radius 3 is 2.73 bits per heavy atom. The molecule has 0 amide bonds. The van der Waals surface area contributed by atoms with Crippen LogP contribution in [-0.2, 0) is 0 Å². The summed E-state index contributed by atoms with van der Waals surface area (Å²) < 4.78 is 0. The quantitative estimate of drug-likeness (QED) is 0.743. The van der Waals surface area contributed by atoms with E-state index in [0.717, 1.165) is 6.42 Å². The first-order valence-corrected chi connectivity index (χ1v) is 6.31. The van der Waals surface area contributed by atoms with Crippen LogP contribution in [0.3, 0.4) is 0 Å². The lowest BCUT2D eigenvalue weighted by Gasteiger charge is -2.37. The molecule has 0 saturated carbocycles. The molecule has 0 aromatic carbocycles. The fraction of sp³-hybridized carbons (Fsp3) is 1.00. The minimum atomic E-state index is 0.412. The lowest BCUT2D eigenvalue weighted by molar-refractivity contribution is 0.103. The van der Waals surface area contributed by atoms with Crippen LogP contribution >= 0.6 is 0 Å². The van der Waals surface area contributed by atoms with Gasteiger partial charge in [0.25, 0.3) is 0 Å². The summed E-state index contributed by atoms with van der Waals surface area (Å²) in [6.07, 6.45) is 3.54. The predicted octanol–water partition coefficient (Wildman–Crippen LogP) is 1.14. The number of likely N-dealkylation sites (N-methyl/N-ethyl adjacent to an activating group) is 1. The van der Waals surface area contributed by atoms with Crippen LogP contribution in [0.4, 0.5) is 0 Å². The average Bonchev–Trinajstić information content (AvgIpc) is 2.23. The zero-order valence-electron chi connectivity index (χ0n) is 10.6. The van der Waals surface area contributed by atoms with Crippen molar-refractivity contribution in [1.29, 1.82) is 0 Å². The maximum absolute atomic E-state index is 5.91. The van der Waals surface area contributed by atoms with Crippen molar-refractivity contribution in [2.24, 2.45) is 5.73 Å². The maximum atomic E-state index is 5.91. The Morgan fingerprint density at radius 2 is 2.13 bits per heavy atom. The lowest BCUT2D eigenvalue weighted by atomic mass is 10.1. The van der Waals surface area contributed by atoms with Crippen LogP contribution in [-0.4, -0.2) is 55.1 Å². The van der Waals surface area contributed by atoms with Crippen LogP contribution in [0.1, 0.15) is 33.1 Å². The van der Waals surface area contributed by atoms with Crippen molar-refractivity contribution in [3.63, 3.8) is 0 Å². The average molecular weight is 213 g/mol. The minimum Gasteiger partial charge on any atom is -0.328 e. The van der Waals surface area contributed by atoms with Gasteiger partial charge in [0.15, 0.2) is 0 Å². The lowest BCUT2D eigenvalue weighted by Crippen LogP contribution is -2.50. The molecule has 0 aromatic rings. The van der Waals surface area contributed by atoms with Gasteiger partial charge in [0.05, 0.1) is 0 Å². The summed E-state index contributed by atoms with van der Waals surface area (Å²) in [4.78, 5) is 5.02. The van der Waals surface area contributed by atoms with Crippen LogP contribution < -0.4 is 5.73 Å². The first kappa shape index (κ1) is 12.9. The Bertz CT molecular complexity index is 172. The molecular formula is C12H27N3. The second-order valence-corrected chi connectivity index (χ2v) is 4.94. The molecule has 1 aliphatic rings. The van der Waals surface area contributed by atoms with E-state index < -0.39 is 0 Å². The summed E-state index contributed by atoms with van der Waals surface area (Å²) in [6.45, 7) is 9.36. The number of piperazine rings is 1. The van der Waals surface area contributed by atoms with Gasteiger partial charge in [-0.3, -0.25) is 0 Å². The monoisotopic (exact) mass is 213 g/mol. The summed E-state index contributed by atoms with van der Waals surface area (Å²) in [5, 5.41) is 0. The van der Waals surface area contributed by atoms with E-state index in [2.05, 4.69) is 30.7 Å². The summed E-state index contributed by atoms with van der Waals surface area (Å²) >= 11 is 0. The van der Waals surface area contributed by atoms with Gasteiger partial charge in [-0.05, 0) is 39.8 Å². The molecule has 90 valence electrons. The Morgan fingerprint density at radius 1 is 1.40 bits per heavy atom. The molecule has 0 aromatic heterocycles. The molecule has 1 saturated heterocycles. The minimum absolute atomic E-state index is 0.412. The molecule has 0 aliphatic carbocycles. The van der Waals surface area contributed by atoms with Gasteiger partial charge in [-0.2, -0.15) is 0 Å². The van der Waals surface area contributed by atoms with E-state index in [-0.39, 0.29) is 0 Å². The molecule has 2 unspecified atom stereocenters. The van der Waals surface area contributed by atoms with Gasteiger partial charge in [0, 0.05) is 31.7 Å². The molecule has 0 spiro atoms. The molecule has 3 heteroatoms. The Balaban J connectivity index is 2.12. The number of nitrogens with zero attached hydrogens (tertiary/aromatic N) is 2. The summed E-state index contributed by atoms with van der Waals surface area (Å²) in [5.41, 5.74) is 5.91. The van der Waals surface area contributed by atoms with E-state index in [0.29, 0.717) is 12.1 Å². The highest BCUT2D eigenvalue weighted by Gasteiger charge is 2.19. The highest BCUT2D eigenvalue weighted by molar-refractivity contribution is 4.76. The zero-order valence-corrected chi connectivity index (χ0v) is 10.6. The number of hydrogen-bond acceptors (Lipinski definition) is 3. The number of rotatable bonds is 5. The Labute approximate surface area is 94.6 Å². The summed E-state index contributed by atoms with van der Waals surface area (Å²) in [7, 11) is 2.22. The van der Waals surface area contributed by atoms with Gasteiger partial charge in [0.2, 0.25) is 0 Å². The van der Waals surface area contributed by atoms with Gasteiger partial charge in [-0.1, -0.05) is 6.92 Å². The molecule has 1 aliphatic heterocycles. The Hall–Kier alpha value is -0.120. The first-order chi connectivity index (χ1) is 7.13. The van der Waals surface area contributed by atoms with Crippen molar-refractivity contribution in [3.8, 4) is 0 Å². The standard InChI is InChI=1S/C12H27N3/c1-4-12(13)6-5-7-15-9-8-14(3)11(2)10-15/h11-12H,4-10,13H2,1-3H3. The van der Waals surface area contributed by atoms with Crippen LogP contribution in [0.15, 0.2) is 0 Å². The molecule has 1 heterocycles. The second kappa shape index (κ2) is 6.46. The third kappa shape index (κ3) is 4.49. The van der Waals surface area contributed by atoms with Gasteiger partial charge in [-0.15, -0.1) is 0 Å². The fourth-order valence-corrected chi connectivity index (χ4v) is 2.11. The SMILES string of the molecule is CCC(N)CCCN1CCN(C)C(C)C1. The third-order valence-electron chi connectivity index (χ3n) is 3.62. The van der Waals surface area contributed by atoms with E-state index >= 15 is 0 Å². The van der Waals surface area contributed by atoms with E-state index in [9.17, 15) is 0 Å². The Kier molecular flexibility index (Phi) is 5.58. The molecule has 1 fully saturated rings. The van der Waals surface area contributed by atoms with E-state index in [1.165, 1.54) is 39.0 Å². The number of nitrogens with two attached hydrogens (primary N) is 1. The molecular weight excluding hydrogens is 186 g/mol. The molecule has 0 radical (unpaired) electrons. The highest BCUT2D eigenvalue weighted by Crippen LogP contribution is 2.08. The van der Waals surface area contributed by atoms with Crippen molar-refractivity contribution in [3.05, 3.63) is 0 Å². The van der Waals surface area contributed by atoms with Crippen molar-refractivity contribution in [2.45, 2.75) is 45.2 Å². The molecule has 15 heavy (non-hydrogen) atoms. The summed E-state index contributed by atoms with van der Waals surface area (Å²) in [6, 6.07) is 1.12. The van der Waals surface area contributed by atoms with Gasteiger partial charge in [-0.25, -0.2) is 0 Å². The largest absolute Gasteiger partial charge is 0.328 e. The fourth-order valence-electron chi connectivity index (χ4n) is 2.11. The van der Waals surface area contributed by atoms with Crippen LogP contribution in [0.2, 0.25) is 0 Å². The van der Waals surface area contributed by atoms with E-state index in [4.69, 9.17) is 5.73 Å². The molecule has 1 rings (SSSR count). The summed E-state index contributed by atoms with van der Waals surface area (Å²) in [5.74, 6) is 0. The van der Waals surface area contributed by atoms with Crippen molar-refractivity contribution >= 4 is 0 Å². The third-order valence-corrected chi connectivity index (χ3v) is 3.62. The molecule has 3 nitrogen and oxygen atoms in total. The van der Waals surface area contributed by atoms with Gasteiger partial charge >= 0.3 is 0 Å². The van der Waals surface area contributed by atoms with Gasteiger partial charge < -0.3 is 15.5 Å². The highest BCUT2D eigenvalue weighted by atomic mass is 15.3. The predicted molar refractivity (Wildman–Crippen MR) is 66.0 cm³/mol. The van der Waals surface area contributed by atoms with Crippen molar-refractivity contribution in [1.82, 2.24) is 9.80 Å². The smallest absolute Gasteiger partial charge is 0.0192 e. The molecule has 0 bridgehead atoms.